The molecule has 3 saturated carbocycles. The molecule has 4 rings (SSSR count). The van der Waals surface area contributed by atoms with Crippen LogP contribution in [0.5, 0.6) is 0 Å². The van der Waals surface area contributed by atoms with E-state index >= 15 is 4.39 Å². The van der Waals surface area contributed by atoms with Crippen LogP contribution in [0.1, 0.15) is 66.2 Å². The van der Waals surface area contributed by atoms with E-state index in [1.54, 1.807) is 13.0 Å². The van der Waals surface area contributed by atoms with Crippen molar-refractivity contribution in [2.45, 2.75) is 89.0 Å². The number of fused-ring (bicyclic) bond motifs is 5. The quantitative estimate of drug-likeness (QED) is 0.416. The number of carbonyl (C=O) groups is 3. The molecule has 4 aliphatic rings. The zero-order valence-corrected chi connectivity index (χ0v) is 21.6. The summed E-state index contributed by atoms with van der Waals surface area (Å²) in [4.78, 5) is 37.0. The van der Waals surface area contributed by atoms with Crippen molar-refractivity contribution in [3.63, 3.8) is 0 Å². The van der Waals surface area contributed by atoms with E-state index in [-0.39, 0.29) is 36.5 Å². The number of aliphatic hydroxyl groups is 2. The zero-order valence-electron chi connectivity index (χ0n) is 20.9. The number of carbonyl (C=O) groups excluding carboxylic acids is 3. The molecule has 0 aliphatic heterocycles. The summed E-state index contributed by atoms with van der Waals surface area (Å²) in [6, 6.07) is 0. The lowest BCUT2D eigenvalue weighted by atomic mass is 9.45. The fourth-order valence-electron chi connectivity index (χ4n) is 8.06. The molecule has 8 heteroatoms. The molecule has 3 fully saturated rings. The van der Waals surface area contributed by atoms with E-state index < -0.39 is 63.8 Å². The van der Waals surface area contributed by atoms with Gasteiger partial charge in [-0.25, -0.2) is 4.39 Å². The standard InChI is InChI=1S/C27H36ClFO6/c1-5-6-7-23(34)35-27(22(33)14-30)15(2)10-17-18-12-20(29)19-11-16(31)8-9-24(19,3)26(18,28)21(32)13-25(17,27)4/h8-9,11,15,17-18,20-21,30,32H,5-7,10,12-14H2,1-4H3/t15-,17+,18+,20+,21?,24+,25+,26+,27+/m1/s1. The summed E-state index contributed by atoms with van der Waals surface area (Å²) < 4.78 is 21.7. The van der Waals surface area contributed by atoms with E-state index in [0.717, 1.165) is 6.42 Å². The molecule has 0 aromatic heterocycles. The summed E-state index contributed by atoms with van der Waals surface area (Å²) in [7, 11) is 0. The first-order valence-electron chi connectivity index (χ1n) is 12.7. The van der Waals surface area contributed by atoms with Gasteiger partial charge < -0.3 is 14.9 Å². The van der Waals surface area contributed by atoms with Crippen LogP contribution in [0.25, 0.3) is 0 Å². The maximum absolute atomic E-state index is 15.7. The molecule has 0 spiro atoms. The van der Waals surface area contributed by atoms with E-state index in [1.807, 2.05) is 20.8 Å². The largest absolute Gasteiger partial charge is 0.450 e. The number of esters is 1. The van der Waals surface area contributed by atoms with Crippen molar-refractivity contribution in [1.29, 1.82) is 0 Å². The molecule has 0 aromatic rings. The topological polar surface area (TPSA) is 101 Å². The minimum Gasteiger partial charge on any atom is -0.450 e. The zero-order chi connectivity index (χ0) is 26.0. The van der Waals surface area contributed by atoms with Gasteiger partial charge >= 0.3 is 5.97 Å². The molecule has 0 bridgehead atoms. The first-order chi connectivity index (χ1) is 16.3. The third-order valence-corrected chi connectivity index (χ3v) is 10.7. The lowest BCUT2D eigenvalue weighted by Crippen LogP contribution is -2.70. The van der Waals surface area contributed by atoms with Gasteiger partial charge in [0.15, 0.2) is 11.4 Å². The number of ketones is 2. The van der Waals surface area contributed by atoms with Gasteiger partial charge in [-0.15, -0.1) is 11.6 Å². The highest BCUT2D eigenvalue weighted by molar-refractivity contribution is 6.26. The van der Waals surface area contributed by atoms with Crippen LogP contribution in [0.3, 0.4) is 0 Å². The maximum Gasteiger partial charge on any atom is 0.306 e. The first kappa shape index (κ1) is 26.5. The Labute approximate surface area is 210 Å². The van der Waals surface area contributed by atoms with Crippen LogP contribution in [0.2, 0.25) is 0 Å². The number of ether oxygens (including phenoxy) is 1. The monoisotopic (exact) mass is 510 g/mol. The molecule has 35 heavy (non-hydrogen) atoms. The summed E-state index contributed by atoms with van der Waals surface area (Å²) in [5.74, 6) is -2.79. The molecule has 0 aromatic carbocycles. The second-order valence-corrected chi connectivity index (χ2v) is 12.0. The Bertz CT molecular complexity index is 994. The van der Waals surface area contributed by atoms with Gasteiger partial charge in [-0.05, 0) is 55.2 Å². The first-order valence-corrected chi connectivity index (χ1v) is 13.0. The highest BCUT2D eigenvalue weighted by atomic mass is 35.5. The van der Waals surface area contributed by atoms with Crippen LogP contribution in [-0.2, 0) is 19.1 Å². The normalized spacial score (nSPS) is 46.3. The predicted molar refractivity (Wildman–Crippen MR) is 128 cm³/mol. The van der Waals surface area contributed by atoms with Crippen LogP contribution in [0.4, 0.5) is 4.39 Å². The Morgan fingerprint density at radius 2 is 1.94 bits per heavy atom. The third kappa shape index (κ3) is 3.37. The second kappa shape index (κ2) is 8.77. The van der Waals surface area contributed by atoms with Crippen molar-refractivity contribution in [3.05, 3.63) is 23.8 Å². The van der Waals surface area contributed by atoms with Gasteiger partial charge in [0.1, 0.15) is 12.8 Å². The number of unbranched alkanes of at least 4 members (excludes halogenated alkanes) is 1. The highest BCUT2D eigenvalue weighted by Crippen LogP contribution is 2.72. The molecule has 194 valence electrons. The van der Waals surface area contributed by atoms with Gasteiger partial charge in [-0.3, -0.25) is 14.4 Å². The van der Waals surface area contributed by atoms with Gasteiger partial charge in [-0.2, -0.15) is 0 Å². The lowest BCUT2D eigenvalue weighted by Gasteiger charge is -2.64. The Morgan fingerprint density at radius 1 is 1.26 bits per heavy atom. The van der Waals surface area contributed by atoms with Gasteiger partial charge in [0, 0.05) is 23.2 Å². The van der Waals surface area contributed by atoms with E-state index in [0.29, 0.717) is 12.8 Å². The van der Waals surface area contributed by atoms with Gasteiger partial charge in [0.2, 0.25) is 5.78 Å². The van der Waals surface area contributed by atoms with E-state index in [2.05, 4.69) is 0 Å². The van der Waals surface area contributed by atoms with Crippen LogP contribution in [0.15, 0.2) is 23.8 Å². The van der Waals surface area contributed by atoms with Crippen molar-refractivity contribution in [3.8, 4) is 0 Å². The Morgan fingerprint density at radius 3 is 2.57 bits per heavy atom. The molecular formula is C27H36ClFO6. The summed E-state index contributed by atoms with van der Waals surface area (Å²) in [6.07, 6.45) is 3.64. The lowest BCUT2D eigenvalue weighted by molar-refractivity contribution is -0.203. The second-order valence-electron chi connectivity index (χ2n) is 11.4. The average molecular weight is 511 g/mol. The minimum atomic E-state index is -1.64. The van der Waals surface area contributed by atoms with Crippen LogP contribution >= 0.6 is 11.6 Å². The summed E-state index contributed by atoms with van der Waals surface area (Å²) in [5, 5.41) is 21.6. The molecule has 0 saturated heterocycles. The Kier molecular flexibility index (Phi) is 6.64. The molecule has 2 N–H and O–H groups in total. The van der Waals surface area contributed by atoms with Crippen molar-refractivity contribution in [2.75, 3.05) is 6.61 Å². The molecule has 1 unspecified atom stereocenters. The smallest absolute Gasteiger partial charge is 0.306 e. The molecule has 4 aliphatic carbocycles. The molecule has 9 atom stereocenters. The molecule has 6 nitrogen and oxygen atoms in total. The van der Waals surface area contributed by atoms with Gasteiger partial charge in [0.25, 0.3) is 0 Å². The number of aliphatic hydroxyl groups excluding tert-OH is 2. The van der Waals surface area contributed by atoms with Crippen molar-refractivity contribution in [2.24, 2.45) is 28.6 Å². The summed E-state index contributed by atoms with van der Waals surface area (Å²) in [5.41, 5.74) is -3.52. The van der Waals surface area contributed by atoms with Crippen LogP contribution in [-0.4, -0.2) is 57.1 Å². The van der Waals surface area contributed by atoms with Crippen LogP contribution in [0, 0.1) is 28.6 Å². The van der Waals surface area contributed by atoms with Crippen LogP contribution < -0.4 is 0 Å². The molecule has 0 amide bonds. The van der Waals surface area contributed by atoms with Crippen molar-refractivity contribution >= 4 is 29.1 Å². The fraction of sp³-hybridized carbons (Fsp3) is 0.741. The van der Waals surface area contributed by atoms with Gasteiger partial charge in [0.05, 0.1) is 11.0 Å². The van der Waals surface area contributed by atoms with E-state index in [1.165, 1.54) is 12.2 Å². The van der Waals surface area contributed by atoms with Crippen molar-refractivity contribution < 1.29 is 33.7 Å². The number of alkyl halides is 2. The Hall–Kier alpha value is -1.57. The predicted octanol–water partition coefficient (Wildman–Crippen LogP) is 3.85. The number of rotatable bonds is 6. The molecule has 0 heterocycles. The molecule has 0 radical (unpaired) electrons. The average Bonchev–Trinajstić information content (AvgIpc) is 3.02. The molecular weight excluding hydrogens is 475 g/mol. The third-order valence-electron chi connectivity index (χ3n) is 9.74. The SMILES string of the molecule is CCCCC(=O)O[C@]1(C(=O)CO)[C@H](C)C[C@H]2[C@@H]3C[C@H](F)C4=CC(=O)C=C[C@]4(C)[C@@]3(Cl)C(O)C[C@@]21C. The number of halogens is 2. The van der Waals surface area contributed by atoms with E-state index in [9.17, 15) is 24.6 Å². The fourth-order valence-corrected chi connectivity index (χ4v) is 8.55. The maximum atomic E-state index is 15.7. The Balaban J connectivity index is 1.83. The number of allylic oxidation sites excluding steroid dienone is 4. The number of Topliss-reactive ketones (excluding diaryl/α,β-unsaturated/α-hetero) is 1. The summed E-state index contributed by atoms with van der Waals surface area (Å²) >= 11 is 7.35. The minimum absolute atomic E-state index is 0.0107. The van der Waals surface area contributed by atoms with E-state index in [4.69, 9.17) is 16.3 Å². The number of hydrogen-bond acceptors (Lipinski definition) is 6. The van der Waals surface area contributed by atoms with Crippen molar-refractivity contribution in [1.82, 2.24) is 0 Å². The number of hydrogen-bond donors (Lipinski definition) is 2. The van der Waals surface area contributed by atoms with Gasteiger partial charge in [-0.1, -0.05) is 40.2 Å². The highest BCUT2D eigenvalue weighted by Gasteiger charge is 2.77. The summed E-state index contributed by atoms with van der Waals surface area (Å²) in [6.45, 7) is 6.52.